The largest absolute Gasteiger partial charge is 0.495 e. The molecule has 78 valence electrons. The van der Waals surface area contributed by atoms with Crippen molar-refractivity contribution >= 4 is 35.8 Å². The molecule has 0 bridgehead atoms. The van der Waals surface area contributed by atoms with Gasteiger partial charge in [-0.15, -0.1) is 0 Å². The van der Waals surface area contributed by atoms with Crippen LogP contribution in [-0.4, -0.2) is 13.7 Å². The maximum atomic E-state index is 6.03. The van der Waals surface area contributed by atoms with Crippen molar-refractivity contribution < 1.29 is 4.74 Å². The molecular formula is C9H11Cl2NOS. The highest BCUT2D eigenvalue weighted by Crippen LogP contribution is 2.38. The minimum absolute atomic E-state index is 0.106. The van der Waals surface area contributed by atoms with Gasteiger partial charge < -0.3 is 10.5 Å². The number of rotatable bonds is 3. The van der Waals surface area contributed by atoms with Gasteiger partial charge in [0.2, 0.25) is 0 Å². The zero-order valence-corrected chi connectivity index (χ0v) is 10.0. The summed E-state index contributed by atoms with van der Waals surface area (Å²) in [4.78, 5) is 0. The molecule has 2 N–H and O–H groups in total. The first-order chi connectivity index (χ1) is 6.61. The maximum absolute atomic E-state index is 6.03. The van der Waals surface area contributed by atoms with Crippen LogP contribution in [-0.2, 0) is 0 Å². The smallest absolute Gasteiger partial charge is 0.138 e. The van der Waals surface area contributed by atoms with E-state index in [-0.39, 0.29) is 5.25 Å². The average molecular weight is 252 g/mol. The van der Waals surface area contributed by atoms with E-state index in [1.807, 2.05) is 6.07 Å². The van der Waals surface area contributed by atoms with E-state index in [2.05, 4.69) is 12.6 Å². The molecule has 0 aliphatic heterocycles. The number of ether oxygens (including phenoxy) is 1. The lowest BCUT2D eigenvalue weighted by atomic mass is 10.1. The van der Waals surface area contributed by atoms with Gasteiger partial charge >= 0.3 is 0 Å². The van der Waals surface area contributed by atoms with Gasteiger partial charge in [0, 0.05) is 11.8 Å². The van der Waals surface area contributed by atoms with Crippen LogP contribution in [0.15, 0.2) is 12.1 Å². The van der Waals surface area contributed by atoms with Crippen LogP contribution in [0.5, 0.6) is 5.75 Å². The first-order valence-electron chi connectivity index (χ1n) is 4.01. The van der Waals surface area contributed by atoms with Gasteiger partial charge in [0.05, 0.1) is 12.1 Å². The molecule has 0 spiro atoms. The summed E-state index contributed by atoms with van der Waals surface area (Å²) in [6, 6.07) is 3.57. The fourth-order valence-electron chi connectivity index (χ4n) is 1.09. The molecule has 14 heavy (non-hydrogen) atoms. The molecule has 1 unspecified atom stereocenters. The van der Waals surface area contributed by atoms with Crippen LogP contribution < -0.4 is 10.5 Å². The Morgan fingerprint density at radius 2 is 2.07 bits per heavy atom. The van der Waals surface area contributed by atoms with Gasteiger partial charge in [-0.2, -0.15) is 12.6 Å². The molecule has 0 amide bonds. The van der Waals surface area contributed by atoms with Gasteiger partial charge in [-0.3, -0.25) is 0 Å². The quantitative estimate of drug-likeness (QED) is 0.811. The van der Waals surface area contributed by atoms with E-state index in [0.29, 0.717) is 22.3 Å². The summed E-state index contributed by atoms with van der Waals surface area (Å²) >= 11 is 16.3. The molecular weight excluding hydrogens is 241 g/mol. The van der Waals surface area contributed by atoms with Crippen LogP contribution in [0.1, 0.15) is 10.8 Å². The van der Waals surface area contributed by atoms with E-state index >= 15 is 0 Å². The highest BCUT2D eigenvalue weighted by atomic mass is 35.5. The second-order valence-electron chi connectivity index (χ2n) is 2.74. The summed E-state index contributed by atoms with van der Waals surface area (Å²) in [5.74, 6) is 0.554. The third-order valence-electron chi connectivity index (χ3n) is 1.88. The lowest BCUT2D eigenvalue weighted by Gasteiger charge is -2.13. The molecule has 0 radical (unpaired) electrons. The third kappa shape index (κ3) is 2.28. The van der Waals surface area contributed by atoms with E-state index in [9.17, 15) is 0 Å². The second-order valence-corrected chi connectivity index (χ2v) is 4.12. The number of methoxy groups -OCH3 is 1. The number of nitrogens with two attached hydrogens (primary N) is 1. The monoisotopic (exact) mass is 251 g/mol. The fourth-order valence-corrected chi connectivity index (χ4v) is 1.92. The Morgan fingerprint density at radius 1 is 1.43 bits per heavy atom. The Labute approximate surface area is 98.7 Å². The van der Waals surface area contributed by atoms with E-state index in [4.69, 9.17) is 33.7 Å². The summed E-state index contributed by atoms with van der Waals surface area (Å²) < 4.78 is 5.02. The van der Waals surface area contributed by atoms with Crippen molar-refractivity contribution in [3.05, 3.63) is 27.7 Å². The summed E-state index contributed by atoms with van der Waals surface area (Å²) in [6.45, 7) is 0.408. The highest BCUT2D eigenvalue weighted by molar-refractivity contribution is 7.80. The third-order valence-corrected chi connectivity index (χ3v) is 3.25. The standard InChI is InChI=1S/C9H11Cl2NOS/c1-13-6-3-2-5(7(14)4-12)8(10)9(6)11/h2-3,7,14H,4,12H2,1H3. The lowest BCUT2D eigenvalue weighted by Crippen LogP contribution is -2.07. The van der Waals surface area contributed by atoms with Crippen molar-refractivity contribution in [2.45, 2.75) is 5.25 Å². The molecule has 2 nitrogen and oxygen atoms in total. The molecule has 5 heteroatoms. The normalized spacial score (nSPS) is 12.6. The van der Waals surface area contributed by atoms with Crippen molar-refractivity contribution in [1.82, 2.24) is 0 Å². The minimum atomic E-state index is -0.106. The first kappa shape index (κ1) is 12.0. The van der Waals surface area contributed by atoms with E-state index in [0.717, 1.165) is 5.56 Å². The Bertz CT molecular complexity index is 333. The van der Waals surface area contributed by atoms with Crippen LogP contribution in [0.2, 0.25) is 10.0 Å². The van der Waals surface area contributed by atoms with Crippen LogP contribution in [0.4, 0.5) is 0 Å². The molecule has 0 aliphatic rings. The average Bonchev–Trinajstić information content (AvgIpc) is 2.21. The number of benzene rings is 1. The van der Waals surface area contributed by atoms with Gasteiger partial charge in [-0.25, -0.2) is 0 Å². The molecule has 0 aliphatic carbocycles. The number of hydrogen-bond acceptors (Lipinski definition) is 3. The molecule has 0 heterocycles. The van der Waals surface area contributed by atoms with Crippen LogP contribution in [0.3, 0.4) is 0 Å². The zero-order valence-electron chi connectivity index (χ0n) is 7.63. The van der Waals surface area contributed by atoms with E-state index in [1.165, 1.54) is 0 Å². The van der Waals surface area contributed by atoms with Gasteiger partial charge in [0.15, 0.2) is 0 Å². The number of hydrogen-bond donors (Lipinski definition) is 2. The Kier molecular flexibility index (Phi) is 4.38. The Morgan fingerprint density at radius 3 is 2.57 bits per heavy atom. The van der Waals surface area contributed by atoms with Crippen molar-refractivity contribution in [3.8, 4) is 5.75 Å². The Hall–Kier alpha value is -0.0900. The minimum Gasteiger partial charge on any atom is -0.495 e. The summed E-state index contributed by atoms with van der Waals surface area (Å²) in [5.41, 5.74) is 6.31. The van der Waals surface area contributed by atoms with Crippen molar-refractivity contribution in [2.24, 2.45) is 5.73 Å². The van der Waals surface area contributed by atoms with Crippen molar-refractivity contribution in [2.75, 3.05) is 13.7 Å². The van der Waals surface area contributed by atoms with Gasteiger partial charge in [0.1, 0.15) is 10.8 Å². The van der Waals surface area contributed by atoms with Crippen molar-refractivity contribution in [3.63, 3.8) is 0 Å². The molecule has 1 atom stereocenters. The molecule has 1 aromatic rings. The molecule has 0 aromatic heterocycles. The lowest BCUT2D eigenvalue weighted by molar-refractivity contribution is 0.415. The molecule has 0 saturated heterocycles. The summed E-state index contributed by atoms with van der Waals surface area (Å²) in [5, 5.41) is 0.751. The molecule has 1 rings (SSSR count). The Balaban J connectivity index is 3.17. The summed E-state index contributed by atoms with van der Waals surface area (Å²) in [6.07, 6.45) is 0. The van der Waals surface area contributed by atoms with Gasteiger partial charge in [0.25, 0.3) is 0 Å². The van der Waals surface area contributed by atoms with Crippen LogP contribution in [0, 0.1) is 0 Å². The van der Waals surface area contributed by atoms with Crippen molar-refractivity contribution in [1.29, 1.82) is 0 Å². The van der Waals surface area contributed by atoms with Crippen LogP contribution >= 0.6 is 35.8 Å². The molecule has 0 fully saturated rings. The van der Waals surface area contributed by atoms with E-state index < -0.39 is 0 Å². The SMILES string of the molecule is COc1ccc(C(S)CN)c(Cl)c1Cl. The van der Waals surface area contributed by atoms with Gasteiger partial charge in [-0.1, -0.05) is 29.3 Å². The summed E-state index contributed by atoms with van der Waals surface area (Å²) in [7, 11) is 1.54. The van der Waals surface area contributed by atoms with E-state index in [1.54, 1.807) is 13.2 Å². The first-order valence-corrected chi connectivity index (χ1v) is 5.29. The fraction of sp³-hybridized carbons (Fsp3) is 0.333. The topological polar surface area (TPSA) is 35.2 Å². The highest BCUT2D eigenvalue weighted by Gasteiger charge is 2.14. The zero-order chi connectivity index (χ0) is 10.7. The predicted octanol–water partition coefficient (Wildman–Crippen LogP) is 2.93. The number of thiol groups is 1. The van der Waals surface area contributed by atoms with Gasteiger partial charge in [-0.05, 0) is 11.6 Å². The number of halogens is 2. The predicted molar refractivity (Wildman–Crippen MR) is 63.8 cm³/mol. The molecule has 1 aromatic carbocycles. The van der Waals surface area contributed by atoms with Crippen LogP contribution in [0.25, 0.3) is 0 Å². The molecule has 0 saturated carbocycles. The maximum Gasteiger partial charge on any atom is 0.138 e. The second kappa shape index (κ2) is 5.12.